The summed E-state index contributed by atoms with van der Waals surface area (Å²) in [5.41, 5.74) is 11.8. The number of ether oxygens (including phenoxy) is 1. The third kappa shape index (κ3) is 8.25. The second kappa shape index (κ2) is 16.0. The minimum absolute atomic E-state index is 0.0709. The highest BCUT2D eigenvalue weighted by molar-refractivity contribution is 9.10. The predicted molar refractivity (Wildman–Crippen MR) is 180 cm³/mol. The molecule has 0 spiro atoms. The first-order chi connectivity index (χ1) is 15.7. The molecule has 2 aliphatic heterocycles. The highest BCUT2D eigenvalue weighted by Gasteiger charge is 2.42. The Bertz CT molecular complexity index is 1490. The second-order valence-corrected chi connectivity index (χ2v) is 29.3. The summed E-state index contributed by atoms with van der Waals surface area (Å²) in [7, 11) is 21.7. The van der Waals surface area contributed by atoms with Crippen LogP contribution in [-0.4, -0.2) is 0 Å². The Morgan fingerprint density at radius 2 is 1.06 bits per heavy atom. The van der Waals surface area contributed by atoms with Gasteiger partial charge in [-0.1, -0.05) is 24.3 Å². The fourth-order valence-corrected chi connectivity index (χ4v) is 33.5. The number of nitrogens with two attached hydrogens (primary N) is 1. The maximum absolute atomic E-state index is 6.05. The van der Waals surface area contributed by atoms with Crippen LogP contribution in [0.15, 0.2) is 40.9 Å². The summed E-state index contributed by atoms with van der Waals surface area (Å²) in [6, 6.07) is 12.5. The number of nitrogen functional groups attached to an aromatic ring is 1. The molecule has 18 heteroatoms. The summed E-state index contributed by atoms with van der Waals surface area (Å²) in [5.74, 6) is 0. The molecule has 0 radical (unpaired) electrons. The summed E-state index contributed by atoms with van der Waals surface area (Å²) < 4.78 is 7.00. The molecule has 2 aliphatic rings. The van der Waals surface area contributed by atoms with Gasteiger partial charge in [0.2, 0.25) is 0 Å². The molecule has 2 atom stereocenters. The van der Waals surface area contributed by atoms with Crippen LogP contribution in [-0.2, 0) is 143 Å². The first-order valence-corrected chi connectivity index (χ1v) is 27.4. The van der Waals surface area contributed by atoms with Gasteiger partial charge in [-0.2, -0.15) is 0 Å². The van der Waals surface area contributed by atoms with Crippen molar-refractivity contribution in [3.8, 4) is 0 Å². The van der Waals surface area contributed by atoms with Crippen LogP contribution < -0.4 is 5.73 Å². The molecule has 0 saturated heterocycles. The van der Waals surface area contributed by atoms with Crippen LogP contribution in [0.5, 0.6) is 0 Å². The Kier molecular flexibility index (Phi) is 14.2. The topological polar surface area (TPSA) is 35.2 Å². The lowest BCUT2D eigenvalue weighted by molar-refractivity contribution is 0.0857. The molecule has 0 amide bonds. The molecule has 0 aromatic heterocycles. The Hall–Kier alpha value is 1.98. The van der Waals surface area contributed by atoms with Crippen molar-refractivity contribution < 1.29 is 4.74 Å². The van der Waals surface area contributed by atoms with E-state index in [2.05, 4.69) is 46.3 Å². The molecule has 4 rings (SSSR count). The number of benzene rings is 2. The van der Waals surface area contributed by atoms with Gasteiger partial charge in [0.25, 0.3) is 0 Å². The van der Waals surface area contributed by atoms with Crippen LogP contribution in [0, 0.1) is 0 Å². The first-order valence-electron chi connectivity index (χ1n) is 7.92. The van der Waals surface area contributed by atoms with E-state index < -0.39 is 0 Å². The quantitative estimate of drug-likeness (QED) is 0.417. The lowest BCUT2D eigenvalue weighted by Gasteiger charge is -2.16. The Morgan fingerprint density at radius 3 is 1.50 bits per heavy atom. The minimum Gasteiger partial charge on any atom is -0.398 e. The third-order valence-corrected chi connectivity index (χ3v) is 31.3. The van der Waals surface area contributed by atoms with Crippen molar-refractivity contribution >= 4 is 159 Å². The van der Waals surface area contributed by atoms with Crippen molar-refractivity contribution in [3.63, 3.8) is 0 Å². The molecule has 2 aromatic rings. The lowest BCUT2D eigenvalue weighted by Crippen LogP contribution is -2.04. The largest absolute Gasteiger partial charge is 0.398 e. The summed E-state index contributed by atoms with van der Waals surface area (Å²) in [6.07, 6.45) is 0.157. The van der Waals surface area contributed by atoms with Crippen LogP contribution in [0.25, 0.3) is 0 Å². The first kappa shape index (κ1) is 28.5. The zero-order valence-electron chi connectivity index (χ0n) is 15.1. The standard InChI is InChI=1S/C14H10BrNO.S15/c15-11-5-9-10(6-12(11)16)14-8-4-2-1-3-7(8)13(9)17-14;1-3-5-7-9-11-13-15-14-12-10-8-6-4-2/h1-6,13-14H,16H2;. The molecular formula is C14H10BrNOS15. The van der Waals surface area contributed by atoms with Crippen LogP contribution in [0.1, 0.15) is 34.5 Å². The van der Waals surface area contributed by atoms with Gasteiger partial charge in [0.15, 0.2) is 0 Å². The van der Waals surface area contributed by atoms with Gasteiger partial charge in [-0.3, -0.25) is 0 Å². The maximum atomic E-state index is 6.05. The number of anilines is 1. The van der Waals surface area contributed by atoms with E-state index in [0.29, 0.717) is 0 Å². The van der Waals surface area contributed by atoms with Crippen molar-refractivity contribution in [2.45, 2.75) is 12.2 Å². The van der Waals surface area contributed by atoms with E-state index >= 15 is 0 Å². The fourth-order valence-electron chi connectivity index (χ4n) is 2.95. The number of halogens is 1. The monoisotopic (exact) mass is 767 g/mol. The zero-order valence-corrected chi connectivity index (χ0v) is 28.9. The molecular weight excluding hydrogens is 759 g/mol. The van der Waals surface area contributed by atoms with Crippen molar-refractivity contribution in [2.75, 3.05) is 5.73 Å². The molecule has 2 bridgehead atoms. The van der Waals surface area contributed by atoms with Crippen LogP contribution in [0.3, 0.4) is 0 Å². The van der Waals surface area contributed by atoms with E-state index in [-0.39, 0.29) is 12.2 Å². The molecule has 2 aromatic carbocycles. The fraction of sp³-hybridized carbons (Fsp3) is 0.143. The average Bonchev–Trinajstić information content (AvgIpc) is 3.36. The van der Waals surface area contributed by atoms with Gasteiger partial charge in [-0.05, 0) is 50.3 Å². The van der Waals surface area contributed by atoms with Gasteiger partial charge in [0.1, 0.15) is 12.2 Å². The van der Waals surface area contributed by atoms with E-state index in [1.54, 1.807) is 97.7 Å². The number of fused-ring (bicyclic) bond motifs is 8. The SMILES string of the molecule is Nc1cc2c(cc1Br)C1OC2c2ccccc21.S=S=S=S=S=S=S=S=S=S=S=S=S=S=S. The number of rotatable bonds is 0. The predicted octanol–water partition coefficient (Wildman–Crippen LogP) is 3.52. The zero-order chi connectivity index (χ0) is 22.8. The van der Waals surface area contributed by atoms with Gasteiger partial charge in [-0.25, -0.2) is 0 Å². The third-order valence-electron chi connectivity index (χ3n) is 3.93. The molecule has 2 nitrogen and oxygen atoms in total. The van der Waals surface area contributed by atoms with Crippen molar-refractivity contribution in [3.05, 3.63) is 63.1 Å². The molecule has 2 heterocycles. The summed E-state index contributed by atoms with van der Waals surface area (Å²) in [6.45, 7) is 0. The van der Waals surface area contributed by atoms with Crippen LogP contribution in [0.4, 0.5) is 5.69 Å². The van der Waals surface area contributed by atoms with E-state index in [1.807, 2.05) is 6.07 Å². The van der Waals surface area contributed by atoms with Gasteiger partial charge in [0.05, 0.1) is 0 Å². The van der Waals surface area contributed by atoms with Gasteiger partial charge < -0.3 is 10.5 Å². The molecule has 0 fully saturated rings. The molecule has 0 saturated carbocycles. The average molecular weight is 769 g/mol. The van der Waals surface area contributed by atoms with E-state index in [1.165, 1.54) is 40.0 Å². The van der Waals surface area contributed by atoms with E-state index in [0.717, 1.165) is 10.2 Å². The molecule has 174 valence electrons. The van der Waals surface area contributed by atoms with Crippen LogP contribution >= 0.6 is 15.9 Å². The highest BCUT2D eigenvalue weighted by atomic mass is 79.9. The summed E-state index contributed by atoms with van der Waals surface area (Å²) >= 11 is 12.9. The van der Waals surface area contributed by atoms with Crippen molar-refractivity contribution in [1.82, 2.24) is 0 Å². The van der Waals surface area contributed by atoms with Crippen molar-refractivity contribution in [2.24, 2.45) is 0 Å². The van der Waals surface area contributed by atoms with E-state index in [4.69, 9.17) is 32.8 Å². The summed E-state index contributed by atoms with van der Waals surface area (Å²) in [4.78, 5) is 0. The minimum atomic E-state index is 0.0709. The number of hydrogen-bond acceptors (Lipinski definition) is 4. The highest BCUT2D eigenvalue weighted by Crippen LogP contribution is 2.55. The Morgan fingerprint density at radius 1 is 0.656 bits per heavy atom. The molecule has 2 unspecified atom stereocenters. The maximum Gasteiger partial charge on any atom is 0.110 e. The Labute approximate surface area is 241 Å². The van der Waals surface area contributed by atoms with Gasteiger partial charge >= 0.3 is 0 Å². The second-order valence-electron chi connectivity index (χ2n) is 5.41. The summed E-state index contributed by atoms with van der Waals surface area (Å²) in [5, 5.41) is 0. The van der Waals surface area contributed by atoms with Crippen molar-refractivity contribution in [1.29, 1.82) is 0 Å². The van der Waals surface area contributed by atoms with Crippen LogP contribution in [0.2, 0.25) is 0 Å². The molecule has 32 heavy (non-hydrogen) atoms. The molecule has 2 N–H and O–H groups in total. The smallest absolute Gasteiger partial charge is 0.110 e. The lowest BCUT2D eigenvalue weighted by atomic mass is 9.86. The number of hydrogen-bond donors (Lipinski definition) is 1. The van der Waals surface area contributed by atoms with Gasteiger partial charge in [0, 0.05) is 148 Å². The van der Waals surface area contributed by atoms with E-state index in [9.17, 15) is 0 Å². The Balaban J connectivity index is 0.000000183. The normalized spacial score (nSPS) is 15.9. The van der Waals surface area contributed by atoms with Gasteiger partial charge in [-0.15, -0.1) is 0 Å². The molecule has 0 aliphatic carbocycles.